The van der Waals surface area contributed by atoms with Crippen LogP contribution in [0.25, 0.3) is 0 Å². The Balaban J connectivity index is 1.54. The van der Waals surface area contributed by atoms with E-state index in [0.29, 0.717) is 31.6 Å². The number of carbonyl (C=O) groups is 2. The van der Waals surface area contributed by atoms with E-state index in [2.05, 4.69) is 10.0 Å². The highest BCUT2D eigenvalue weighted by atomic mass is 32.2. The Morgan fingerprint density at radius 2 is 1.68 bits per heavy atom. The van der Waals surface area contributed by atoms with E-state index in [4.69, 9.17) is 0 Å². The molecule has 2 heterocycles. The molecule has 0 radical (unpaired) electrons. The molecule has 2 amide bonds. The van der Waals surface area contributed by atoms with Crippen LogP contribution in [0.2, 0.25) is 0 Å². The van der Waals surface area contributed by atoms with E-state index in [-0.39, 0.29) is 46.5 Å². The summed E-state index contributed by atoms with van der Waals surface area (Å²) >= 11 is 0. The van der Waals surface area contributed by atoms with Crippen LogP contribution in [-0.2, 0) is 29.4 Å². The number of benzene rings is 1. The molecule has 172 valence electrons. The van der Waals surface area contributed by atoms with Gasteiger partial charge >= 0.3 is 0 Å². The monoisotopic (exact) mass is 471 g/mol. The molecule has 2 aliphatic heterocycles. The van der Waals surface area contributed by atoms with Crippen molar-refractivity contribution in [3.63, 3.8) is 0 Å². The van der Waals surface area contributed by atoms with Crippen LogP contribution in [0.5, 0.6) is 0 Å². The Bertz CT molecular complexity index is 1030. The number of sulfonamides is 1. The van der Waals surface area contributed by atoms with Crippen molar-refractivity contribution in [2.75, 3.05) is 29.9 Å². The van der Waals surface area contributed by atoms with Crippen LogP contribution < -0.4 is 10.0 Å². The Labute approximate surface area is 183 Å². The molecule has 9 nitrogen and oxygen atoms in total. The first-order valence-electron chi connectivity index (χ1n) is 10.4. The van der Waals surface area contributed by atoms with Gasteiger partial charge in [0.1, 0.15) is 0 Å². The van der Waals surface area contributed by atoms with Crippen molar-refractivity contribution >= 4 is 37.4 Å². The largest absolute Gasteiger partial charge is 0.342 e. The molecule has 1 aromatic rings. The first-order chi connectivity index (χ1) is 14.5. The van der Waals surface area contributed by atoms with Crippen LogP contribution in [0.3, 0.4) is 0 Å². The molecule has 11 heteroatoms. The van der Waals surface area contributed by atoms with E-state index in [1.54, 1.807) is 4.90 Å². The van der Waals surface area contributed by atoms with E-state index in [1.165, 1.54) is 24.3 Å². The zero-order valence-electron chi connectivity index (χ0n) is 17.7. The van der Waals surface area contributed by atoms with Gasteiger partial charge in [0, 0.05) is 36.7 Å². The minimum absolute atomic E-state index is 0.00954. The molecule has 2 aliphatic rings. The molecule has 0 unspecified atom stereocenters. The number of amides is 2. The standard InChI is InChI=1S/C20H29N3O6S2/c1-14(2)20(25)23-10-7-15(8-11-23)19(24)21-16-3-5-18(6-4-16)31(28,29)22-17-9-12-30(26,27)13-17/h3-6,14-15,17,22H,7-13H2,1-2H3,(H,21,24)/t17-/m1/s1. The maximum atomic E-state index is 12.5. The summed E-state index contributed by atoms with van der Waals surface area (Å²) in [6.07, 6.45) is 1.44. The highest BCUT2D eigenvalue weighted by Gasteiger charge is 2.32. The number of hydrogen-bond acceptors (Lipinski definition) is 6. The summed E-state index contributed by atoms with van der Waals surface area (Å²) < 4.78 is 50.5. The fourth-order valence-electron chi connectivity index (χ4n) is 3.86. The molecular formula is C20H29N3O6S2. The molecule has 0 spiro atoms. The third kappa shape index (κ3) is 6.05. The highest BCUT2D eigenvalue weighted by molar-refractivity contribution is 7.92. The van der Waals surface area contributed by atoms with Gasteiger partial charge in [-0.15, -0.1) is 0 Å². The number of piperidine rings is 1. The average Bonchev–Trinajstić information content (AvgIpc) is 3.05. The van der Waals surface area contributed by atoms with Gasteiger partial charge in [-0.3, -0.25) is 9.59 Å². The SMILES string of the molecule is CC(C)C(=O)N1CCC(C(=O)Nc2ccc(S(=O)(=O)N[C@@H]3CCS(=O)(=O)C3)cc2)CC1. The lowest BCUT2D eigenvalue weighted by atomic mass is 9.95. The number of carbonyl (C=O) groups excluding carboxylic acids is 2. The van der Waals surface area contributed by atoms with E-state index < -0.39 is 25.9 Å². The second-order valence-corrected chi connectivity index (χ2v) is 12.4. The third-order valence-electron chi connectivity index (χ3n) is 5.66. The van der Waals surface area contributed by atoms with Gasteiger partial charge in [0.05, 0.1) is 16.4 Å². The number of likely N-dealkylation sites (tertiary alicyclic amines) is 1. The lowest BCUT2D eigenvalue weighted by Gasteiger charge is -2.32. The fourth-order valence-corrected chi connectivity index (χ4v) is 6.91. The average molecular weight is 472 g/mol. The van der Waals surface area contributed by atoms with Gasteiger partial charge in [-0.1, -0.05) is 13.8 Å². The lowest BCUT2D eigenvalue weighted by molar-refractivity contribution is -0.137. The van der Waals surface area contributed by atoms with Crippen LogP contribution >= 0.6 is 0 Å². The minimum atomic E-state index is -3.85. The molecule has 1 atom stereocenters. The predicted molar refractivity (Wildman–Crippen MR) is 117 cm³/mol. The zero-order valence-corrected chi connectivity index (χ0v) is 19.3. The predicted octanol–water partition coefficient (Wildman–Crippen LogP) is 0.985. The van der Waals surface area contributed by atoms with Gasteiger partial charge in [0.2, 0.25) is 21.8 Å². The fraction of sp³-hybridized carbons (Fsp3) is 0.600. The molecule has 1 aromatic carbocycles. The Kier molecular flexibility index (Phi) is 7.07. The van der Waals surface area contributed by atoms with E-state index in [9.17, 15) is 26.4 Å². The van der Waals surface area contributed by atoms with Gasteiger partial charge in [0.25, 0.3) is 0 Å². The summed E-state index contributed by atoms with van der Waals surface area (Å²) in [5.41, 5.74) is 0.480. The Morgan fingerprint density at radius 3 is 2.19 bits per heavy atom. The summed E-state index contributed by atoms with van der Waals surface area (Å²) in [4.78, 5) is 26.4. The lowest BCUT2D eigenvalue weighted by Crippen LogP contribution is -2.43. The molecule has 2 saturated heterocycles. The highest BCUT2D eigenvalue weighted by Crippen LogP contribution is 2.22. The van der Waals surface area contributed by atoms with E-state index >= 15 is 0 Å². The van der Waals surface area contributed by atoms with Crippen molar-refractivity contribution in [3.05, 3.63) is 24.3 Å². The number of anilines is 1. The van der Waals surface area contributed by atoms with Crippen molar-refractivity contribution in [2.45, 2.75) is 44.0 Å². The molecule has 3 rings (SSSR count). The van der Waals surface area contributed by atoms with Gasteiger partial charge in [-0.2, -0.15) is 0 Å². The van der Waals surface area contributed by atoms with E-state index in [0.717, 1.165) is 0 Å². The second-order valence-electron chi connectivity index (χ2n) is 8.49. The van der Waals surface area contributed by atoms with E-state index in [1.807, 2.05) is 13.8 Å². The van der Waals surface area contributed by atoms with Gasteiger partial charge < -0.3 is 10.2 Å². The number of sulfone groups is 1. The van der Waals surface area contributed by atoms with Crippen LogP contribution in [0.4, 0.5) is 5.69 Å². The summed E-state index contributed by atoms with van der Waals surface area (Å²) in [6.45, 7) is 4.82. The Morgan fingerprint density at radius 1 is 1.06 bits per heavy atom. The molecule has 0 aromatic heterocycles. The normalized spacial score (nSPS) is 21.9. The van der Waals surface area contributed by atoms with Crippen molar-refractivity contribution in [3.8, 4) is 0 Å². The number of nitrogens with zero attached hydrogens (tertiary/aromatic N) is 1. The van der Waals surface area contributed by atoms with Crippen LogP contribution in [0.1, 0.15) is 33.1 Å². The van der Waals surface area contributed by atoms with Crippen LogP contribution in [0, 0.1) is 11.8 Å². The summed E-state index contributed by atoms with van der Waals surface area (Å²) in [5, 5.41) is 2.80. The molecular weight excluding hydrogens is 442 g/mol. The molecule has 2 N–H and O–H groups in total. The van der Waals surface area contributed by atoms with Crippen LogP contribution in [0.15, 0.2) is 29.2 Å². The Hall–Kier alpha value is -1.98. The molecule has 0 saturated carbocycles. The summed E-state index contributed by atoms with van der Waals surface area (Å²) in [5.74, 6) is -0.531. The van der Waals surface area contributed by atoms with Crippen molar-refractivity contribution in [1.82, 2.24) is 9.62 Å². The minimum Gasteiger partial charge on any atom is -0.342 e. The van der Waals surface area contributed by atoms with Crippen LogP contribution in [-0.4, -0.2) is 64.2 Å². The third-order valence-corrected chi connectivity index (χ3v) is 8.96. The molecule has 0 bridgehead atoms. The topological polar surface area (TPSA) is 130 Å². The molecule has 0 aliphatic carbocycles. The zero-order chi connectivity index (χ0) is 22.8. The maximum Gasteiger partial charge on any atom is 0.240 e. The maximum absolute atomic E-state index is 12.5. The van der Waals surface area contributed by atoms with Gasteiger partial charge in [0.15, 0.2) is 9.84 Å². The van der Waals surface area contributed by atoms with Crippen molar-refractivity contribution < 1.29 is 26.4 Å². The first-order valence-corrected chi connectivity index (χ1v) is 13.7. The van der Waals surface area contributed by atoms with Crippen molar-refractivity contribution in [1.29, 1.82) is 0 Å². The second kappa shape index (κ2) is 9.25. The molecule has 31 heavy (non-hydrogen) atoms. The smallest absolute Gasteiger partial charge is 0.240 e. The number of nitrogens with one attached hydrogen (secondary N) is 2. The summed E-state index contributed by atoms with van der Waals surface area (Å²) in [7, 11) is -7.04. The number of hydrogen-bond donors (Lipinski definition) is 2. The van der Waals surface area contributed by atoms with Gasteiger partial charge in [-0.25, -0.2) is 21.6 Å². The first kappa shape index (κ1) is 23.7. The summed E-state index contributed by atoms with van der Waals surface area (Å²) in [6, 6.07) is 5.16. The molecule has 2 fully saturated rings. The van der Waals surface area contributed by atoms with Crippen molar-refractivity contribution in [2.24, 2.45) is 11.8 Å². The van der Waals surface area contributed by atoms with Gasteiger partial charge in [-0.05, 0) is 43.5 Å². The quantitative estimate of drug-likeness (QED) is 0.636. The number of rotatable bonds is 6.